The number of nitrogens with zero attached hydrogens (tertiary/aromatic N) is 1. The number of fused-ring (bicyclic) bond motifs is 2. The monoisotopic (exact) mass is 523 g/mol. The third-order valence-electron chi connectivity index (χ3n) is 6.19. The van der Waals surface area contributed by atoms with E-state index in [0.717, 1.165) is 17.2 Å². The van der Waals surface area contributed by atoms with Crippen molar-refractivity contribution in [3.63, 3.8) is 0 Å². The van der Waals surface area contributed by atoms with Crippen LogP contribution < -0.4 is 15.1 Å². The Balaban J connectivity index is 1.85. The first-order valence-electron chi connectivity index (χ1n) is 10.4. The number of rotatable bonds is 3. The third-order valence-corrected chi connectivity index (χ3v) is 6.79. The lowest BCUT2D eigenvalue weighted by molar-refractivity contribution is 0.0971. The predicted molar refractivity (Wildman–Crippen MR) is 129 cm³/mol. The summed E-state index contributed by atoms with van der Waals surface area (Å²) in [6, 6.07) is 11.5. The highest BCUT2D eigenvalue weighted by molar-refractivity contribution is 9.10. The quantitative estimate of drug-likeness (QED) is 0.368. The highest BCUT2D eigenvalue weighted by Gasteiger charge is 2.44. The van der Waals surface area contributed by atoms with E-state index in [1.54, 1.807) is 18.2 Å². The molecule has 34 heavy (non-hydrogen) atoms. The molecule has 2 heterocycles. The van der Waals surface area contributed by atoms with Gasteiger partial charge in [-0.05, 0) is 88.9 Å². The third kappa shape index (κ3) is 3.28. The van der Waals surface area contributed by atoms with E-state index in [-0.39, 0.29) is 33.8 Å². The molecule has 1 aromatic heterocycles. The first kappa shape index (κ1) is 22.2. The normalized spacial score (nSPS) is 15.1. The van der Waals surface area contributed by atoms with Crippen LogP contribution in [0.3, 0.4) is 0 Å². The molecule has 0 saturated heterocycles. The van der Waals surface area contributed by atoms with E-state index >= 15 is 0 Å². The fourth-order valence-electron chi connectivity index (χ4n) is 4.31. The van der Waals surface area contributed by atoms with Crippen molar-refractivity contribution in [1.29, 1.82) is 0 Å². The molecule has 0 spiro atoms. The number of carbonyl (C=O) groups is 1. The van der Waals surface area contributed by atoms with Gasteiger partial charge >= 0.3 is 0 Å². The topological polar surface area (TPSA) is 80.0 Å². The van der Waals surface area contributed by atoms with E-state index in [9.17, 15) is 19.1 Å². The van der Waals surface area contributed by atoms with Gasteiger partial charge in [0.15, 0.2) is 16.9 Å². The Hall–Kier alpha value is -3.65. The number of anilines is 1. The second-order valence-electron chi connectivity index (χ2n) is 8.21. The van der Waals surface area contributed by atoms with Crippen molar-refractivity contribution in [2.75, 3.05) is 12.0 Å². The van der Waals surface area contributed by atoms with Crippen molar-refractivity contribution in [2.45, 2.75) is 19.9 Å². The molecule has 1 atom stereocenters. The van der Waals surface area contributed by atoms with Gasteiger partial charge in [-0.1, -0.05) is 6.07 Å². The second kappa shape index (κ2) is 7.99. The molecule has 1 aliphatic heterocycles. The highest BCUT2D eigenvalue weighted by Crippen LogP contribution is 2.45. The van der Waals surface area contributed by atoms with Gasteiger partial charge in [-0.15, -0.1) is 0 Å². The van der Waals surface area contributed by atoms with Crippen LogP contribution in [-0.4, -0.2) is 18.1 Å². The average Bonchev–Trinajstić information content (AvgIpc) is 3.10. The van der Waals surface area contributed by atoms with Gasteiger partial charge in [0.05, 0.1) is 28.6 Å². The van der Waals surface area contributed by atoms with Crippen molar-refractivity contribution in [1.82, 2.24) is 0 Å². The number of amides is 1. The van der Waals surface area contributed by atoms with Crippen LogP contribution in [-0.2, 0) is 0 Å². The zero-order valence-corrected chi connectivity index (χ0v) is 20.1. The lowest BCUT2D eigenvalue weighted by Gasteiger charge is -2.26. The van der Waals surface area contributed by atoms with E-state index in [0.29, 0.717) is 15.7 Å². The van der Waals surface area contributed by atoms with Crippen LogP contribution in [0.2, 0.25) is 0 Å². The van der Waals surface area contributed by atoms with Gasteiger partial charge in [0.25, 0.3) is 5.91 Å². The number of aromatic hydroxyl groups is 1. The second-order valence-corrected chi connectivity index (χ2v) is 9.07. The number of benzene rings is 3. The summed E-state index contributed by atoms with van der Waals surface area (Å²) in [7, 11) is 1.41. The summed E-state index contributed by atoms with van der Waals surface area (Å²) in [6.45, 7) is 3.90. The van der Waals surface area contributed by atoms with Crippen LogP contribution >= 0.6 is 15.9 Å². The van der Waals surface area contributed by atoms with Crippen LogP contribution in [0.15, 0.2) is 62.2 Å². The molecule has 0 aliphatic carbocycles. The molecule has 1 amide bonds. The summed E-state index contributed by atoms with van der Waals surface area (Å²) in [5, 5.41) is 10.4. The molecule has 0 bridgehead atoms. The minimum Gasteiger partial charge on any atom is -0.503 e. The molecule has 8 heteroatoms. The Labute approximate surface area is 202 Å². The molecule has 6 nitrogen and oxygen atoms in total. The molecule has 1 unspecified atom stereocenters. The van der Waals surface area contributed by atoms with Crippen LogP contribution in [0.4, 0.5) is 10.1 Å². The van der Waals surface area contributed by atoms with Crippen molar-refractivity contribution < 1.29 is 23.4 Å². The number of phenols is 1. The Kier molecular flexibility index (Phi) is 5.20. The first-order valence-corrected chi connectivity index (χ1v) is 11.2. The average molecular weight is 524 g/mol. The molecule has 4 aromatic rings. The van der Waals surface area contributed by atoms with Gasteiger partial charge < -0.3 is 14.3 Å². The highest BCUT2D eigenvalue weighted by atomic mass is 79.9. The Morgan fingerprint density at radius 2 is 1.82 bits per heavy atom. The smallest absolute Gasteiger partial charge is 0.295 e. The number of methoxy groups -OCH3 is 1. The van der Waals surface area contributed by atoms with Crippen molar-refractivity contribution in [3.8, 4) is 11.5 Å². The fourth-order valence-corrected chi connectivity index (χ4v) is 4.77. The van der Waals surface area contributed by atoms with Gasteiger partial charge in [-0.3, -0.25) is 14.5 Å². The molecule has 172 valence electrons. The van der Waals surface area contributed by atoms with Crippen molar-refractivity contribution in [3.05, 3.63) is 97.1 Å². The zero-order chi connectivity index (χ0) is 24.3. The minimum atomic E-state index is -0.890. The number of ether oxygens (including phenoxy) is 1. The standard InChI is InChI=1S/C26H19BrFNO5/c1-12-4-6-16(8-13(12)2)29-22(14-9-18(27)24(31)20(10-14)33-3)21-23(30)17-11-15(28)5-7-19(17)34-25(21)26(29)32/h4-11,22,31H,1-3H3. The minimum absolute atomic E-state index is 0.0447. The Bertz CT molecular complexity index is 1560. The van der Waals surface area contributed by atoms with Gasteiger partial charge in [0.1, 0.15) is 11.4 Å². The number of hydrogen-bond donors (Lipinski definition) is 1. The lowest BCUT2D eigenvalue weighted by Crippen LogP contribution is -2.29. The van der Waals surface area contributed by atoms with E-state index in [4.69, 9.17) is 9.15 Å². The summed E-state index contributed by atoms with van der Waals surface area (Å²) in [6.07, 6.45) is 0. The maximum absolute atomic E-state index is 14.0. The molecular weight excluding hydrogens is 505 g/mol. The number of phenolic OH excluding ortho intramolecular Hbond substituents is 1. The van der Waals surface area contributed by atoms with Crippen LogP contribution in [0.1, 0.15) is 38.9 Å². The molecule has 0 saturated carbocycles. The Morgan fingerprint density at radius 1 is 1.06 bits per heavy atom. The van der Waals surface area contributed by atoms with E-state index in [1.807, 2.05) is 26.0 Å². The van der Waals surface area contributed by atoms with Crippen LogP contribution in [0, 0.1) is 19.7 Å². The van der Waals surface area contributed by atoms with Crippen LogP contribution in [0.5, 0.6) is 11.5 Å². The fraction of sp³-hybridized carbons (Fsp3) is 0.154. The molecule has 5 rings (SSSR count). The largest absolute Gasteiger partial charge is 0.503 e. The lowest BCUT2D eigenvalue weighted by atomic mass is 9.97. The molecule has 0 radical (unpaired) electrons. The predicted octanol–water partition coefficient (Wildman–Crippen LogP) is 5.78. The zero-order valence-electron chi connectivity index (χ0n) is 18.5. The van der Waals surface area contributed by atoms with Crippen molar-refractivity contribution in [2.24, 2.45) is 0 Å². The van der Waals surface area contributed by atoms with Crippen molar-refractivity contribution >= 4 is 38.5 Å². The molecule has 0 fully saturated rings. The van der Waals surface area contributed by atoms with E-state index in [1.165, 1.54) is 24.1 Å². The molecular formula is C26H19BrFNO5. The summed E-state index contributed by atoms with van der Waals surface area (Å²) in [5.41, 5.74) is 2.83. The first-order chi connectivity index (χ1) is 16.2. The number of hydrogen-bond acceptors (Lipinski definition) is 5. The molecule has 1 N–H and O–H groups in total. The van der Waals surface area contributed by atoms with E-state index < -0.39 is 23.2 Å². The number of halogens is 2. The van der Waals surface area contributed by atoms with Gasteiger partial charge in [0.2, 0.25) is 5.76 Å². The number of carbonyl (C=O) groups excluding carboxylic acids is 1. The summed E-state index contributed by atoms with van der Waals surface area (Å²) >= 11 is 3.32. The Morgan fingerprint density at radius 3 is 2.53 bits per heavy atom. The van der Waals surface area contributed by atoms with Gasteiger partial charge in [-0.25, -0.2) is 4.39 Å². The van der Waals surface area contributed by atoms with E-state index in [2.05, 4.69) is 15.9 Å². The summed E-state index contributed by atoms with van der Waals surface area (Å²) < 4.78 is 25.5. The molecule has 1 aliphatic rings. The molecule has 3 aromatic carbocycles. The maximum atomic E-state index is 14.0. The summed E-state index contributed by atoms with van der Waals surface area (Å²) in [5.74, 6) is -1.12. The maximum Gasteiger partial charge on any atom is 0.295 e. The summed E-state index contributed by atoms with van der Waals surface area (Å²) in [4.78, 5) is 28.8. The SMILES string of the molecule is COc1cc(C2c3c(oc4ccc(F)cc4c3=O)C(=O)N2c2ccc(C)c(C)c2)cc(Br)c1O. The van der Waals surface area contributed by atoms with Crippen LogP contribution in [0.25, 0.3) is 11.0 Å². The van der Waals surface area contributed by atoms with Gasteiger partial charge in [-0.2, -0.15) is 0 Å². The number of aryl methyl sites for hydroxylation is 2. The van der Waals surface area contributed by atoms with Gasteiger partial charge in [0, 0.05) is 5.69 Å².